The van der Waals surface area contributed by atoms with Gasteiger partial charge >= 0.3 is 6.03 Å². The molecule has 1 aliphatic heterocycles. The smallest absolute Gasteiger partial charge is 0.322 e. The predicted molar refractivity (Wildman–Crippen MR) is 129 cm³/mol. The van der Waals surface area contributed by atoms with Gasteiger partial charge in [-0.05, 0) is 69.2 Å². The molecule has 1 atom stereocenters. The molecule has 184 valence electrons. The van der Waals surface area contributed by atoms with Crippen LogP contribution in [0.15, 0.2) is 58.8 Å². The summed E-state index contributed by atoms with van der Waals surface area (Å²) in [6.07, 6.45) is 0.664. The summed E-state index contributed by atoms with van der Waals surface area (Å²) < 4.78 is 30.6. The van der Waals surface area contributed by atoms with Gasteiger partial charge in [0.05, 0.1) is 18.2 Å². The largest absolute Gasteiger partial charge is 0.494 e. The number of rotatable bonds is 10. The van der Waals surface area contributed by atoms with Crippen molar-refractivity contribution in [3.05, 3.63) is 71.5 Å². The van der Waals surface area contributed by atoms with Crippen LogP contribution in [0.3, 0.4) is 0 Å². The lowest BCUT2D eigenvalue weighted by atomic mass is 9.94. The third-order valence-corrected chi connectivity index (χ3v) is 5.73. The fourth-order valence-electron chi connectivity index (χ4n) is 4.05. The number of urea groups is 1. The van der Waals surface area contributed by atoms with Gasteiger partial charge in [0, 0.05) is 31.0 Å². The van der Waals surface area contributed by atoms with Gasteiger partial charge in [0.1, 0.15) is 11.6 Å². The highest BCUT2D eigenvalue weighted by Gasteiger charge is 2.35. The molecule has 35 heavy (non-hydrogen) atoms. The van der Waals surface area contributed by atoms with Crippen LogP contribution in [-0.4, -0.2) is 47.4 Å². The van der Waals surface area contributed by atoms with Crippen molar-refractivity contribution in [2.24, 2.45) is 0 Å². The van der Waals surface area contributed by atoms with Gasteiger partial charge < -0.3 is 19.3 Å². The maximum Gasteiger partial charge on any atom is 0.322 e. The van der Waals surface area contributed by atoms with Gasteiger partial charge in [-0.25, -0.2) is 9.18 Å². The second kappa shape index (κ2) is 11.1. The first kappa shape index (κ1) is 24.4. The Balaban J connectivity index is 1.70. The van der Waals surface area contributed by atoms with Gasteiger partial charge in [-0.2, -0.15) is 4.98 Å². The number of hydrogen-bond donors (Lipinski definition) is 1. The maximum atomic E-state index is 14.1. The Morgan fingerprint density at radius 3 is 2.66 bits per heavy atom. The van der Waals surface area contributed by atoms with Crippen LogP contribution in [0, 0.1) is 5.82 Å². The minimum atomic E-state index is -0.644. The molecule has 9 heteroatoms. The number of nitrogens with zero attached hydrogens (tertiary/aromatic N) is 3. The van der Waals surface area contributed by atoms with Crippen molar-refractivity contribution in [2.75, 3.05) is 26.4 Å². The minimum Gasteiger partial charge on any atom is -0.494 e. The summed E-state index contributed by atoms with van der Waals surface area (Å²) in [5, 5.41) is 7.14. The van der Waals surface area contributed by atoms with E-state index in [4.69, 9.17) is 14.0 Å². The standard InChI is InChI=1S/C26H29FN4O4/c1-4-33-15-7-14-31-17(3)22(23(28-26(31)32)19-8-6-9-20(27)16-19)25-29-24(30-35-25)18-10-12-21(13-11-18)34-5-2/h6,8-13,16,23H,4-5,7,14-15H2,1-3H3,(H,28,32). The Hall–Kier alpha value is -3.72. The van der Waals surface area contributed by atoms with Crippen molar-refractivity contribution in [3.63, 3.8) is 0 Å². The zero-order valence-electron chi connectivity index (χ0n) is 20.1. The van der Waals surface area contributed by atoms with Crippen LogP contribution in [-0.2, 0) is 4.74 Å². The molecule has 1 aliphatic rings. The van der Waals surface area contributed by atoms with Crippen LogP contribution >= 0.6 is 0 Å². The Morgan fingerprint density at radius 1 is 1.14 bits per heavy atom. The molecule has 0 fully saturated rings. The molecule has 1 N–H and O–H groups in total. The Morgan fingerprint density at radius 2 is 1.94 bits per heavy atom. The van der Waals surface area contributed by atoms with Crippen LogP contribution in [0.1, 0.15) is 44.7 Å². The van der Waals surface area contributed by atoms with E-state index in [2.05, 4.69) is 15.5 Å². The Labute approximate surface area is 203 Å². The highest BCUT2D eigenvalue weighted by Crippen LogP contribution is 2.37. The van der Waals surface area contributed by atoms with E-state index in [1.165, 1.54) is 12.1 Å². The van der Waals surface area contributed by atoms with Crippen molar-refractivity contribution in [3.8, 4) is 17.1 Å². The van der Waals surface area contributed by atoms with Crippen LogP contribution in [0.25, 0.3) is 17.0 Å². The predicted octanol–water partition coefficient (Wildman–Crippen LogP) is 5.20. The van der Waals surface area contributed by atoms with E-state index in [0.717, 1.165) is 11.3 Å². The maximum absolute atomic E-state index is 14.1. The number of halogens is 1. The van der Waals surface area contributed by atoms with E-state index in [1.54, 1.807) is 17.0 Å². The molecule has 3 aromatic rings. The van der Waals surface area contributed by atoms with Crippen LogP contribution < -0.4 is 10.1 Å². The zero-order valence-corrected chi connectivity index (χ0v) is 20.1. The first-order valence-electron chi connectivity index (χ1n) is 11.7. The van der Waals surface area contributed by atoms with Gasteiger partial charge in [0.15, 0.2) is 0 Å². The van der Waals surface area contributed by atoms with Crippen molar-refractivity contribution >= 4 is 11.6 Å². The number of carbonyl (C=O) groups excluding carboxylic acids is 1. The monoisotopic (exact) mass is 480 g/mol. The van der Waals surface area contributed by atoms with Crippen molar-refractivity contribution < 1.29 is 23.2 Å². The second-order valence-electron chi connectivity index (χ2n) is 8.02. The number of nitrogens with one attached hydrogen (secondary N) is 1. The molecule has 2 amide bonds. The summed E-state index contributed by atoms with van der Waals surface area (Å²) in [7, 11) is 0. The molecule has 1 unspecified atom stereocenters. The average molecular weight is 481 g/mol. The Kier molecular flexibility index (Phi) is 7.77. The summed E-state index contributed by atoms with van der Waals surface area (Å²) in [5.41, 5.74) is 2.64. The molecule has 0 spiro atoms. The van der Waals surface area contributed by atoms with E-state index in [9.17, 15) is 9.18 Å². The number of allylic oxidation sites excluding steroid dienone is 1. The minimum absolute atomic E-state index is 0.260. The van der Waals surface area contributed by atoms with Gasteiger partial charge in [-0.15, -0.1) is 0 Å². The number of hydrogen-bond acceptors (Lipinski definition) is 6. The van der Waals surface area contributed by atoms with E-state index in [1.807, 2.05) is 45.0 Å². The molecular formula is C26H29FN4O4. The molecule has 0 bridgehead atoms. The van der Waals surface area contributed by atoms with Gasteiger partial charge in [0.25, 0.3) is 5.89 Å². The highest BCUT2D eigenvalue weighted by molar-refractivity contribution is 5.86. The highest BCUT2D eigenvalue weighted by atomic mass is 19.1. The third-order valence-electron chi connectivity index (χ3n) is 5.73. The van der Waals surface area contributed by atoms with Gasteiger partial charge in [0.2, 0.25) is 5.82 Å². The third kappa shape index (κ3) is 5.51. The molecule has 0 saturated carbocycles. The molecule has 2 aromatic carbocycles. The first-order chi connectivity index (χ1) is 17.0. The second-order valence-corrected chi connectivity index (χ2v) is 8.02. The normalized spacial score (nSPS) is 15.9. The molecule has 2 heterocycles. The fraction of sp³-hybridized carbons (Fsp3) is 0.346. The van der Waals surface area contributed by atoms with E-state index < -0.39 is 11.9 Å². The molecule has 4 rings (SSSR count). The molecule has 1 aromatic heterocycles. The first-order valence-corrected chi connectivity index (χ1v) is 11.7. The summed E-state index contributed by atoms with van der Waals surface area (Å²) in [6, 6.07) is 12.6. The summed E-state index contributed by atoms with van der Waals surface area (Å²) in [5.74, 6) is 1.02. The molecular weight excluding hydrogens is 451 g/mol. The lowest BCUT2D eigenvalue weighted by molar-refractivity contribution is 0.136. The topological polar surface area (TPSA) is 89.7 Å². The number of amides is 2. The van der Waals surface area contributed by atoms with E-state index in [-0.39, 0.29) is 11.9 Å². The fourth-order valence-corrected chi connectivity index (χ4v) is 4.05. The van der Waals surface area contributed by atoms with Crippen molar-refractivity contribution in [2.45, 2.75) is 33.2 Å². The Bertz CT molecular complexity index is 1190. The summed E-state index contributed by atoms with van der Waals surface area (Å²) >= 11 is 0. The zero-order chi connectivity index (χ0) is 24.8. The van der Waals surface area contributed by atoms with Crippen molar-refractivity contribution in [1.29, 1.82) is 0 Å². The van der Waals surface area contributed by atoms with Crippen LogP contribution in [0.2, 0.25) is 0 Å². The average Bonchev–Trinajstić information content (AvgIpc) is 3.33. The lowest BCUT2D eigenvalue weighted by Gasteiger charge is -2.35. The summed E-state index contributed by atoms with van der Waals surface area (Å²) in [6.45, 7) is 7.88. The number of aromatic nitrogens is 2. The van der Waals surface area contributed by atoms with Crippen molar-refractivity contribution in [1.82, 2.24) is 20.4 Å². The molecule has 0 aliphatic carbocycles. The number of ether oxygens (including phenoxy) is 2. The van der Waals surface area contributed by atoms with Gasteiger partial charge in [-0.1, -0.05) is 17.3 Å². The number of benzene rings is 2. The van der Waals surface area contributed by atoms with Gasteiger partial charge in [-0.3, -0.25) is 4.90 Å². The SMILES string of the molecule is CCOCCCN1C(=O)NC(c2cccc(F)c2)C(c2nc(-c3ccc(OCC)cc3)no2)=C1C. The molecule has 0 saturated heterocycles. The van der Waals surface area contributed by atoms with Crippen LogP contribution in [0.5, 0.6) is 5.75 Å². The summed E-state index contributed by atoms with van der Waals surface area (Å²) in [4.78, 5) is 19.2. The van der Waals surface area contributed by atoms with E-state index >= 15 is 0 Å². The molecule has 8 nitrogen and oxygen atoms in total. The lowest BCUT2D eigenvalue weighted by Crippen LogP contribution is -2.46. The van der Waals surface area contributed by atoms with E-state index in [0.29, 0.717) is 55.4 Å². The number of carbonyl (C=O) groups is 1. The molecule has 0 radical (unpaired) electrons. The van der Waals surface area contributed by atoms with Crippen LogP contribution in [0.4, 0.5) is 9.18 Å². The quantitative estimate of drug-likeness (QED) is 0.401.